The lowest BCUT2D eigenvalue weighted by Crippen LogP contribution is -2.28. The first-order chi connectivity index (χ1) is 8.99. The molecule has 7 heteroatoms. The number of rotatable bonds is 11. The van der Waals surface area contributed by atoms with Gasteiger partial charge in [-0.3, -0.25) is 14.6 Å². The molecule has 0 saturated heterocycles. The van der Waals surface area contributed by atoms with Gasteiger partial charge in [0.1, 0.15) is 0 Å². The van der Waals surface area contributed by atoms with E-state index in [0.29, 0.717) is 26.2 Å². The minimum atomic E-state index is -3.08. The summed E-state index contributed by atoms with van der Waals surface area (Å²) in [5.74, 6) is -0.354. The Hall–Kier alpha value is -0.420. The summed E-state index contributed by atoms with van der Waals surface area (Å²) in [6.45, 7) is 6.44. The van der Waals surface area contributed by atoms with E-state index in [4.69, 9.17) is 9.05 Å². The average molecular weight is 295 g/mol. The van der Waals surface area contributed by atoms with Crippen LogP contribution in [0.4, 0.5) is 0 Å². The second-order valence-corrected chi connectivity index (χ2v) is 6.33. The van der Waals surface area contributed by atoms with Crippen LogP contribution in [0.5, 0.6) is 0 Å². The van der Waals surface area contributed by atoms with Gasteiger partial charge >= 0.3 is 7.60 Å². The van der Waals surface area contributed by atoms with Crippen LogP contribution in [0.15, 0.2) is 0 Å². The molecule has 0 aromatic heterocycles. The maximum atomic E-state index is 12.1. The van der Waals surface area contributed by atoms with E-state index in [1.165, 1.54) is 0 Å². The number of carbonyl (C=O) groups is 1. The van der Waals surface area contributed by atoms with Crippen LogP contribution in [-0.2, 0) is 18.4 Å². The van der Waals surface area contributed by atoms with Gasteiger partial charge in [-0.2, -0.15) is 0 Å². The summed E-state index contributed by atoms with van der Waals surface area (Å²) < 4.78 is 22.4. The van der Waals surface area contributed by atoms with E-state index in [-0.39, 0.29) is 18.5 Å². The highest BCUT2D eigenvalue weighted by molar-refractivity contribution is 7.53. The highest BCUT2D eigenvalue weighted by atomic mass is 31.2. The van der Waals surface area contributed by atoms with Crippen molar-refractivity contribution in [3.05, 3.63) is 0 Å². The van der Waals surface area contributed by atoms with E-state index < -0.39 is 7.60 Å². The topological polar surface area (TPSA) is 76.1 Å². The molecular formula is C12H26NO5P. The molecule has 0 aliphatic heterocycles. The van der Waals surface area contributed by atoms with Crippen molar-refractivity contribution in [1.82, 2.24) is 5.06 Å². The van der Waals surface area contributed by atoms with Gasteiger partial charge in [0.25, 0.3) is 0 Å². The number of unbranched alkanes of at least 4 members (excludes halogenated alkanes) is 1. The van der Waals surface area contributed by atoms with Crippen LogP contribution >= 0.6 is 7.60 Å². The summed E-state index contributed by atoms with van der Waals surface area (Å²) in [6, 6.07) is 0. The van der Waals surface area contributed by atoms with Crippen molar-refractivity contribution in [2.24, 2.45) is 0 Å². The molecule has 6 nitrogen and oxygen atoms in total. The zero-order valence-electron chi connectivity index (χ0n) is 12.1. The molecule has 1 amide bonds. The highest BCUT2D eigenvalue weighted by Gasteiger charge is 2.23. The Kier molecular flexibility index (Phi) is 10.1. The van der Waals surface area contributed by atoms with Crippen LogP contribution in [0.3, 0.4) is 0 Å². The highest BCUT2D eigenvalue weighted by Crippen LogP contribution is 2.48. The second kappa shape index (κ2) is 10.4. The Morgan fingerprint density at radius 1 is 1.16 bits per heavy atom. The first-order valence-electron chi connectivity index (χ1n) is 6.86. The zero-order chi connectivity index (χ0) is 14.7. The van der Waals surface area contributed by atoms with Crippen LogP contribution < -0.4 is 0 Å². The third kappa shape index (κ3) is 8.37. The third-order valence-electron chi connectivity index (χ3n) is 2.49. The number of amides is 1. The van der Waals surface area contributed by atoms with Gasteiger partial charge in [0.05, 0.1) is 19.4 Å². The quantitative estimate of drug-likeness (QED) is 0.360. The number of nitrogens with zero attached hydrogens (tertiary/aromatic N) is 1. The molecular weight excluding hydrogens is 269 g/mol. The first kappa shape index (κ1) is 18.6. The third-order valence-corrected chi connectivity index (χ3v) is 4.65. The fraction of sp³-hybridized carbons (Fsp3) is 0.917. The van der Waals surface area contributed by atoms with Gasteiger partial charge in [-0.05, 0) is 26.7 Å². The molecule has 0 aromatic rings. The van der Waals surface area contributed by atoms with Gasteiger partial charge in [0.15, 0.2) is 0 Å². The predicted molar refractivity (Wildman–Crippen MR) is 73.4 cm³/mol. The summed E-state index contributed by atoms with van der Waals surface area (Å²) in [5.41, 5.74) is 0. The molecule has 0 fully saturated rings. The Morgan fingerprint density at radius 2 is 1.74 bits per heavy atom. The van der Waals surface area contributed by atoms with Gasteiger partial charge in [-0.15, -0.1) is 0 Å². The second-order valence-electron chi connectivity index (χ2n) is 4.14. The maximum Gasteiger partial charge on any atom is 0.330 e. The fourth-order valence-corrected chi connectivity index (χ4v) is 3.21. The molecule has 0 spiro atoms. The van der Waals surface area contributed by atoms with Crippen LogP contribution in [-0.4, -0.2) is 42.1 Å². The summed E-state index contributed by atoms with van der Waals surface area (Å²) >= 11 is 0. The Morgan fingerprint density at radius 3 is 2.21 bits per heavy atom. The summed E-state index contributed by atoms with van der Waals surface area (Å²) in [4.78, 5) is 11.6. The molecule has 19 heavy (non-hydrogen) atoms. The molecule has 0 atom stereocenters. The van der Waals surface area contributed by atoms with Gasteiger partial charge in [0.2, 0.25) is 5.91 Å². The van der Waals surface area contributed by atoms with Gasteiger partial charge in [0, 0.05) is 13.0 Å². The number of hydrogen-bond donors (Lipinski definition) is 1. The van der Waals surface area contributed by atoms with Crippen LogP contribution in [0, 0.1) is 0 Å². The molecule has 0 bridgehead atoms. The average Bonchev–Trinajstić information content (AvgIpc) is 2.36. The van der Waals surface area contributed by atoms with E-state index in [1.54, 1.807) is 13.8 Å². The Balaban J connectivity index is 4.04. The van der Waals surface area contributed by atoms with Crippen molar-refractivity contribution < 1.29 is 23.6 Å². The summed E-state index contributed by atoms with van der Waals surface area (Å²) in [6.07, 6.45) is 2.39. The normalized spacial score (nSPS) is 11.6. The summed E-state index contributed by atoms with van der Waals surface area (Å²) in [7, 11) is -3.08. The van der Waals surface area contributed by atoms with Crippen molar-refractivity contribution in [2.45, 2.75) is 46.5 Å². The number of hydroxylamine groups is 2. The van der Waals surface area contributed by atoms with Crippen LogP contribution in [0.25, 0.3) is 0 Å². The lowest BCUT2D eigenvalue weighted by atomic mass is 10.3. The van der Waals surface area contributed by atoms with Gasteiger partial charge in [-0.1, -0.05) is 13.3 Å². The lowest BCUT2D eigenvalue weighted by molar-refractivity contribution is -0.165. The van der Waals surface area contributed by atoms with Gasteiger partial charge < -0.3 is 9.05 Å². The SMILES string of the molecule is CCCCN(O)C(=O)CCCP(=O)(OCC)OCC. The van der Waals surface area contributed by atoms with Crippen molar-refractivity contribution in [3.63, 3.8) is 0 Å². The van der Waals surface area contributed by atoms with Crippen LogP contribution in [0.2, 0.25) is 0 Å². The molecule has 0 aliphatic carbocycles. The molecule has 0 saturated carbocycles. The standard InChI is InChI=1S/C12H26NO5P/c1-4-7-10-13(15)12(14)9-8-11-19(16,17-5-2)18-6-3/h15H,4-11H2,1-3H3. The monoisotopic (exact) mass is 295 g/mol. The largest absolute Gasteiger partial charge is 0.330 e. The molecule has 114 valence electrons. The molecule has 0 radical (unpaired) electrons. The molecule has 1 N–H and O–H groups in total. The first-order valence-corrected chi connectivity index (χ1v) is 8.59. The maximum absolute atomic E-state index is 12.1. The minimum Gasteiger partial charge on any atom is -0.309 e. The Labute approximate surface area is 115 Å². The van der Waals surface area contributed by atoms with Crippen molar-refractivity contribution in [2.75, 3.05) is 25.9 Å². The molecule has 0 aliphatic rings. The van der Waals surface area contributed by atoms with E-state index >= 15 is 0 Å². The number of hydrogen-bond acceptors (Lipinski definition) is 5. The Bertz CT molecular complexity index is 288. The lowest BCUT2D eigenvalue weighted by Gasteiger charge is -2.18. The molecule has 0 heterocycles. The summed E-state index contributed by atoms with van der Waals surface area (Å²) in [5, 5.41) is 10.2. The van der Waals surface area contributed by atoms with Crippen molar-refractivity contribution in [1.29, 1.82) is 0 Å². The van der Waals surface area contributed by atoms with Crippen LogP contribution in [0.1, 0.15) is 46.5 Å². The molecule has 0 rings (SSSR count). The zero-order valence-corrected chi connectivity index (χ0v) is 13.0. The van der Waals surface area contributed by atoms with E-state index in [9.17, 15) is 14.6 Å². The van der Waals surface area contributed by atoms with E-state index in [1.807, 2.05) is 6.92 Å². The molecule has 0 aromatic carbocycles. The smallest absolute Gasteiger partial charge is 0.309 e. The minimum absolute atomic E-state index is 0.143. The molecule has 0 unspecified atom stereocenters. The van der Waals surface area contributed by atoms with E-state index in [0.717, 1.165) is 17.9 Å². The number of carbonyl (C=O) groups excluding carboxylic acids is 1. The van der Waals surface area contributed by atoms with E-state index in [2.05, 4.69) is 0 Å². The van der Waals surface area contributed by atoms with Crippen molar-refractivity contribution >= 4 is 13.5 Å². The fourth-order valence-electron chi connectivity index (χ4n) is 1.55. The van der Waals surface area contributed by atoms with Gasteiger partial charge in [-0.25, -0.2) is 5.06 Å². The predicted octanol–water partition coefficient (Wildman–Crippen LogP) is 3.05. The van der Waals surface area contributed by atoms with Crippen molar-refractivity contribution in [3.8, 4) is 0 Å².